The van der Waals surface area contributed by atoms with Crippen LogP contribution in [0, 0.1) is 5.92 Å². The Bertz CT molecular complexity index is 556. The average molecular weight is 509 g/mol. The van der Waals surface area contributed by atoms with E-state index in [0.29, 0.717) is 0 Å². The van der Waals surface area contributed by atoms with Crippen LogP contribution in [0.4, 0.5) is 0 Å². The van der Waals surface area contributed by atoms with Crippen molar-refractivity contribution >= 4 is 61.6 Å². The number of carboxylic acids is 4. The molecule has 0 saturated carbocycles. The number of aliphatic carboxylic acids is 4. The number of ether oxygens (including phenoxy) is 4. The Kier molecular flexibility index (Phi) is 17.6. The number of carbonyl (C=O) groups is 4. The third-order valence-corrected chi connectivity index (χ3v) is 4.51. The molecule has 0 aromatic heterocycles. The van der Waals surface area contributed by atoms with Crippen LogP contribution in [0.2, 0.25) is 0 Å². The molecule has 188 valence electrons. The van der Waals surface area contributed by atoms with E-state index in [1.165, 1.54) is 4.90 Å². The van der Waals surface area contributed by atoms with Crippen LogP contribution in [0.15, 0.2) is 0 Å². The van der Waals surface area contributed by atoms with Gasteiger partial charge in [0.2, 0.25) is 6.04 Å². The predicted molar refractivity (Wildman–Crippen MR) is 112 cm³/mol. The Morgan fingerprint density at radius 2 is 1.18 bits per heavy atom. The topological polar surface area (TPSA) is 201 Å². The number of nitrogens with zero attached hydrogens (tertiary/aromatic N) is 1. The molecular formula is C18H32CaN2O12. The predicted octanol–water partition coefficient (Wildman–Crippen LogP) is -2.51. The van der Waals surface area contributed by atoms with Gasteiger partial charge in [-0.3, -0.25) is 14.5 Å². The molecule has 0 amide bonds. The van der Waals surface area contributed by atoms with Crippen LogP contribution < -0.4 is 5.32 Å². The van der Waals surface area contributed by atoms with Crippen LogP contribution in [0.3, 0.4) is 0 Å². The molecule has 1 aliphatic rings. The molecule has 0 aromatic carbocycles. The molecule has 0 radical (unpaired) electrons. The Morgan fingerprint density at radius 1 is 0.727 bits per heavy atom. The number of hydrogen-bond donors (Lipinski definition) is 5. The molecule has 15 heteroatoms. The van der Waals surface area contributed by atoms with Crippen LogP contribution in [-0.4, -0.2) is 172 Å². The molecule has 5 N–H and O–H groups in total. The molecule has 0 spiro atoms. The second-order valence-electron chi connectivity index (χ2n) is 6.74. The third-order valence-electron chi connectivity index (χ3n) is 4.51. The minimum Gasteiger partial charge on any atom is -1.00 e. The molecule has 14 nitrogen and oxygen atoms in total. The molecule has 1 atom stereocenters. The van der Waals surface area contributed by atoms with Crippen LogP contribution in [0.5, 0.6) is 0 Å². The molecule has 0 aliphatic carbocycles. The van der Waals surface area contributed by atoms with Crippen LogP contribution in [0.25, 0.3) is 0 Å². The van der Waals surface area contributed by atoms with Gasteiger partial charge in [-0.2, -0.15) is 0 Å². The van der Waals surface area contributed by atoms with Gasteiger partial charge in [0, 0.05) is 19.6 Å². The van der Waals surface area contributed by atoms with E-state index in [-0.39, 0.29) is 113 Å². The second-order valence-corrected chi connectivity index (χ2v) is 6.74. The Balaban J connectivity index is -0.00000341. The summed E-state index contributed by atoms with van der Waals surface area (Å²) in [5, 5.41) is 39.6. The maximum atomic E-state index is 11.3. The van der Waals surface area contributed by atoms with Gasteiger partial charge < -0.3 is 47.5 Å². The average Bonchev–Trinajstić information content (AvgIpc) is 2.69. The summed E-state index contributed by atoms with van der Waals surface area (Å²) in [4.78, 5) is 46.5. The zero-order valence-corrected chi connectivity index (χ0v) is 20.4. The van der Waals surface area contributed by atoms with E-state index < -0.39 is 41.9 Å². The molecule has 1 aliphatic heterocycles. The summed E-state index contributed by atoms with van der Waals surface area (Å²) in [6.07, 6.45) is 0. The zero-order chi connectivity index (χ0) is 23.9. The number of nitrogens with one attached hydrogen (secondary N) is 1. The smallest absolute Gasteiger partial charge is 1.00 e. The van der Waals surface area contributed by atoms with Gasteiger partial charge in [-0.05, 0) is 0 Å². The van der Waals surface area contributed by atoms with E-state index in [9.17, 15) is 39.6 Å². The quantitative estimate of drug-likeness (QED) is 0.186. The first-order valence-corrected chi connectivity index (χ1v) is 9.95. The van der Waals surface area contributed by atoms with Crippen molar-refractivity contribution in [2.24, 2.45) is 5.92 Å². The van der Waals surface area contributed by atoms with Gasteiger partial charge in [0.15, 0.2) is 5.92 Å². The summed E-state index contributed by atoms with van der Waals surface area (Å²) >= 11 is 0. The zero-order valence-electron chi connectivity index (χ0n) is 20.2. The van der Waals surface area contributed by atoms with Gasteiger partial charge >= 0.3 is 61.6 Å². The number of rotatable bonds is 6. The second kappa shape index (κ2) is 18.3. The largest absolute Gasteiger partial charge is 2.00 e. The minimum absolute atomic E-state index is 0. The van der Waals surface area contributed by atoms with Crippen molar-refractivity contribution < 1.29 is 61.4 Å². The molecule has 1 saturated heterocycles. The molecular weight excluding hydrogens is 476 g/mol. The molecule has 1 rings (SSSR count). The molecule has 1 fully saturated rings. The van der Waals surface area contributed by atoms with E-state index in [2.05, 4.69) is 5.32 Å². The third kappa shape index (κ3) is 12.8. The van der Waals surface area contributed by atoms with Crippen molar-refractivity contribution in [1.82, 2.24) is 10.2 Å². The van der Waals surface area contributed by atoms with E-state index in [1.807, 2.05) is 0 Å². The van der Waals surface area contributed by atoms with Crippen molar-refractivity contribution in [1.29, 1.82) is 0 Å². The summed E-state index contributed by atoms with van der Waals surface area (Å²) in [6.45, 7) is 0.674. The monoisotopic (exact) mass is 508 g/mol. The van der Waals surface area contributed by atoms with E-state index in [4.69, 9.17) is 18.9 Å². The van der Waals surface area contributed by atoms with Crippen LogP contribution in [-0.2, 0) is 38.1 Å². The molecule has 0 bridgehead atoms. The Morgan fingerprint density at radius 3 is 1.64 bits per heavy atom. The Hall–Kier alpha value is -1.10. The normalized spacial score (nSPS) is 20.8. The summed E-state index contributed by atoms with van der Waals surface area (Å²) in [6, 6.07) is -2.76. The van der Waals surface area contributed by atoms with Gasteiger partial charge in [-0.15, -0.1) is 0 Å². The minimum atomic E-state index is -1.75. The first-order chi connectivity index (χ1) is 15.3. The molecule has 0 aromatic rings. The van der Waals surface area contributed by atoms with Gasteiger partial charge in [0.25, 0.3) is 0 Å². The standard InChI is InChI=1S/C18H30N2O12.Ca.2H/c21-15(22)13(16(23)24)12-11-32-10-9-31-6-3-20(14(17(25)26)18(27)28)2-5-30-8-7-29-4-1-19-12;;;/h12-14,19H,1-11H2,(H,21,22)(H,23,24)(H,25,26)(H,27,28);;;/q;+2;2*-1. The van der Waals surface area contributed by atoms with Crippen molar-refractivity contribution in [2.45, 2.75) is 12.1 Å². The van der Waals surface area contributed by atoms with Crippen molar-refractivity contribution in [3.8, 4) is 0 Å². The fraction of sp³-hybridized carbons (Fsp3) is 0.778. The summed E-state index contributed by atoms with van der Waals surface area (Å²) in [5.41, 5.74) is 0. The summed E-state index contributed by atoms with van der Waals surface area (Å²) in [7, 11) is 0. The van der Waals surface area contributed by atoms with E-state index in [0.717, 1.165) is 0 Å². The van der Waals surface area contributed by atoms with Gasteiger partial charge in [-0.1, -0.05) is 0 Å². The first-order valence-electron chi connectivity index (χ1n) is 9.95. The number of carboxylic acid groups (broad SMARTS) is 4. The van der Waals surface area contributed by atoms with Crippen LogP contribution in [0.1, 0.15) is 2.85 Å². The van der Waals surface area contributed by atoms with Gasteiger partial charge in [0.1, 0.15) is 0 Å². The molecule has 33 heavy (non-hydrogen) atoms. The SMILES string of the molecule is O=C(O)C(C(=O)O)C1COCCOCCN(C(C(=O)O)C(=O)O)CCOCCOCCN1.[Ca+2].[H-].[H-]. The van der Waals surface area contributed by atoms with Crippen molar-refractivity contribution in [2.75, 3.05) is 72.5 Å². The maximum Gasteiger partial charge on any atom is 2.00 e. The van der Waals surface area contributed by atoms with Crippen molar-refractivity contribution in [3.05, 3.63) is 0 Å². The van der Waals surface area contributed by atoms with Gasteiger partial charge in [0.05, 0.1) is 58.9 Å². The maximum absolute atomic E-state index is 11.3. The van der Waals surface area contributed by atoms with E-state index in [1.54, 1.807) is 0 Å². The molecule has 1 unspecified atom stereocenters. The Labute approximate surface area is 223 Å². The first kappa shape index (κ1) is 31.9. The fourth-order valence-electron chi connectivity index (χ4n) is 2.94. The van der Waals surface area contributed by atoms with Crippen molar-refractivity contribution in [3.63, 3.8) is 0 Å². The number of hydrogen-bond acceptors (Lipinski definition) is 10. The molecule has 1 heterocycles. The summed E-state index contributed by atoms with van der Waals surface area (Å²) in [5.74, 6) is -7.73. The van der Waals surface area contributed by atoms with Crippen LogP contribution >= 0.6 is 0 Å². The summed E-state index contributed by atoms with van der Waals surface area (Å²) < 4.78 is 21.4. The fourth-order valence-corrected chi connectivity index (χ4v) is 2.94. The van der Waals surface area contributed by atoms with Gasteiger partial charge in [-0.25, -0.2) is 9.59 Å². The van der Waals surface area contributed by atoms with E-state index >= 15 is 0 Å².